The summed E-state index contributed by atoms with van der Waals surface area (Å²) in [6.07, 6.45) is 0. The van der Waals surface area contributed by atoms with E-state index in [4.69, 9.17) is 4.98 Å². The van der Waals surface area contributed by atoms with Crippen molar-refractivity contribution in [3.8, 4) is 21.7 Å². The van der Waals surface area contributed by atoms with Crippen molar-refractivity contribution in [1.29, 1.82) is 0 Å². The fraction of sp³-hybridized carbons (Fsp3) is 0. The van der Waals surface area contributed by atoms with Crippen molar-refractivity contribution in [3.05, 3.63) is 158 Å². The number of thiazole rings is 1. The van der Waals surface area contributed by atoms with Crippen LogP contribution in [0.4, 0.5) is 17.1 Å². The van der Waals surface area contributed by atoms with Crippen LogP contribution < -0.4 is 4.90 Å². The van der Waals surface area contributed by atoms with Gasteiger partial charge in [-0.25, -0.2) is 4.98 Å². The summed E-state index contributed by atoms with van der Waals surface area (Å²) in [6, 6.07) is 57.0. The summed E-state index contributed by atoms with van der Waals surface area (Å²) in [5, 5.41) is 6.21. The van der Waals surface area contributed by atoms with Gasteiger partial charge in [-0.2, -0.15) is 0 Å². The Morgan fingerprint density at radius 3 is 1.94 bits per heavy atom. The zero-order valence-corrected chi connectivity index (χ0v) is 28.1. The largest absolute Gasteiger partial charge is 0.309 e. The van der Waals surface area contributed by atoms with Gasteiger partial charge in [-0.05, 0) is 71.8 Å². The summed E-state index contributed by atoms with van der Waals surface area (Å²) in [4.78, 5) is 7.57. The zero-order valence-electron chi connectivity index (χ0n) is 25.6. The lowest BCUT2D eigenvalue weighted by molar-refractivity contribution is 1.30. The number of hydrogen-bond donors (Lipinski definition) is 0. The summed E-state index contributed by atoms with van der Waals surface area (Å²) < 4.78 is 6.41. The van der Waals surface area contributed by atoms with Crippen LogP contribution in [0.1, 0.15) is 0 Å². The van der Waals surface area contributed by atoms with Gasteiger partial charge < -0.3 is 4.90 Å². The Bertz CT molecular complexity index is 2770. The van der Waals surface area contributed by atoms with Gasteiger partial charge in [-0.15, -0.1) is 34.0 Å². The fourth-order valence-electron chi connectivity index (χ4n) is 6.85. The lowest BCUT2D eigenvalue weighted by Gasteiger charge is -2.26. The second kappa shape index (κ2) is 11.1. The molecule has 0 spiro atoms. The molecule has 5 heteroatoms. The number of para-hydroxylation sites is 1. The number of fused-ring (bicyclic) bond motifs is 8. The van der Waals surface area contributed by atoms with E-state index in [0.717, 1.165) is 21.9 Å². The predicted molar refractivity (Wildman–Crippen MR) is 211 cm³/mol. The minimum absolute atomic E-state index is 1.07. The number of thiophene rings is 2. The van der Waals surface area contributed by atoms with Gasteiger partial charge in [-0.3, -0.25) is 0 Å². The minimum atomic E-state index is 1.07. The van der Waals surface area contributed by atoms with E-state index in [2.05, 4.69) is 163 Å². The summed E-state index contributed by atoms with van der Waals surface area (Å²) in [5.74, 6) is 0. The molecule has 0 saturated heterocycles. The molecular formula is C43H26N2S3. The standard InChI is InChI=1S/C43H26N2S3/c1-3-10-28(11-4-1)43-44-41-39(48-43)25-24-38-40(41)34-26-29(20-23-37(34)46-38)27-18-21-31(22-19-27)45(30-12-5-2-6-13-30)35-16-9-15-33-32-14-7-8-17-36(32)47-42(33)35/h1-26H. The van der Waals surface area contributed by atoms with E-state index in [9.17, 15) is 0 Å². The molecule has 10 aromatic rings. The predicted octanol–water partition coefficient (Wildman–Crippen LogP) is 13.8. The Balaban J connectivity index is 1.09. The molecule has 226 valence electrons. The molecule has 0 N–H and O–H groups in total. The van der Waals surface area contributed by atoms with Gasteiger partial charge in [-0.1, -0.05) is 97.1 Å². The summed E-state index contributed by atoms with van der Waals surface area (Å²) in [6.45, 7) is 0. The molecule has 0 fully saturated rings. The first-order chi connectivity index (χ1) is 23.8. The average Bonchev–Trinajstić information content (AvgIpc) is 3.86. The Morgan fingerprint density at radius 2 is 1.08 bits per heavy atom. The van der Waals surface area contributed by atoms with Crippen molar-refractivity contribution in [3.63, 3.8) is 0 Å². The molecule has 7 aromatic carbocycles. The van der Waals surface area contributed by atoms with Crippen LogP contribution in [0.3, 0.4) is 0 Å². The highest BCUT2D eigenvalue weighted by molar-refractivity contribution is 7.27. The quantitative estimate of drug-likeness (QED) is 0.182. The van der Waals surface area contributed by atoms with Crippen molar-refractivity contribution in [2.75, 3.05) is 4.90 Å². The van der Waals surface area contributed by atoms with E-state index in [1.807, 2.05) is 22.7 Å². The van der Waals surface area contributed by atoms with Crippen LogP contribution in [0.15, 0.2) is 158 Å². The molecule has 48 heavy (non-hydrogen) atoms. The topological polar surface area (TPSA) is 16.1 Å². The normalized spacial score (nSPS) is 11.8. The number of aromatic nitrogens is 1. The van der Waals surface area contributed by atoms with Crippen LogP contribution in [0.2, 0.25) is 0 Å². The van der Waals surface area contributed by atoms with Crippen LogP contribution in [0, 0.1) is 0 Å². The van der Waals surface area contributed by atoms with Gasteiger partial charge in [0.1, 0.15) is 5.01 Å². The van der Waals surface area contributed by atoms with Crippen molar-refractivity contribution >= 4 is 102 Å². The first-order valence-corrected chi connectivity index (χ1v) is 18.4. The van der Waals surface area contributed by atoms with Gasteiger partial charge in [0.05, 0.1) is 20.6 Å². The number of anilines is 3. The number of benzene rings is 7. The summed E-state index contributed by atoms with van der Waals surface area (Å²) in [7, 11) is 0. The van der Waals surface area contributed by atoms with E-state index in [-0.39, 0.29) is 0 Å². The monoisotopic (exact) mass is 666 g/mol. The van der Waals surface area contributed by atoms with E-state index in [1.165, 1.54) is 67.4 Å². The van der Waals surface area contributed by atoms with Crippen molar-refractivity contribution in [2.45, 2.75) is 0 Å². The van der Waals surface area contributed by atoms with Crippen LogP contribution in [-0.2, 0) is 0 Å². The Kier molecular flexibility index (Phi) is 6.44. The Morgan fingerprint density at radius 1 is 0.417 bits per heavy atom. The second-order valence-electron chi connectivity index (χ2n) is 12.0. The second-order valence-corrected chi connectivity index (χ2v) is 15.1. The lowest BCUT2D eigenvalue weighted by atomic mass is 10.0. The molecule has 3 aromatic heterocycles. The molecule has 0 unspecified atom stereocenters. The molecule has 3 heterocycles. The molecule has 0 aliphatic heterocycles. The third-order valence-corrected chi connectivity index (χ3v) is 12.5. The Hall–Kier alpha value is -5.33. The van der Waals surface area contributed by atoms with Crippen molar-refractivity contribution < 1.29 is 0 Å². The molecule has 0 radical (unpaired) electrons. The highest BCUT2D eigenvalue weighted by Gasteiger charge is 2.19. The van der Waals surface area contributed by atoms with Gasteiger partial charge in [0.25, 0.3) is 0 Å². The van der Waals surface area contributed by atoms with Gasteiger partial charge in [0.15, 0.2) is 0 Å². The Labute approximate surface area is 289 Å². The molecule has 0 amide bonds. The van der Waals surface area contributed by atoms with Gasteiger partial charge in [0, 0.05) is 52.6 Å². The lowest BCUT2D eigenvalue weighted by Crippen LogP contribution is -2.09. The van der Waals surface area contributed by atoms with Crippen LogP contribution >= 0.6 is 34.0 Å². The highest BCUT2D eigenvalue weighted by Crippen LogP contribution is 2.46. The molecule has 0 aliphatic rings. The van der Waals surface area contributed by atoms with Gasteiger partial charge in [0.2, 0.25) is 0 Å². The summed E-state index contributed by atoms with van der Waals surface area (Å²) in [5.41, 5.74) is 8.15. The molecule has 2 nitrogen and oxygen atoms in total. The fourth-order valence-corrected chi connectivity index (χ4v) is 10.1. The average molecular weight is 667 g/mol. The van der Waals surface area contributed by atoms with Crippen molar-refractivity contribution in [2.24, 2.45) is 0 Å². The number of rotatable bonds is 5. The SMILES string of the molecule is c1ccc(-c2nc3c(ccc4sc5ccc(-c6ccc(N(c7ccccc7)c7cccc8c7sc7ccccc78)cc6)cc5c43)s2)cc1. The first-order valence-electron chi connectivity index (χ1n) is 16.0. The van der Waals surface area contributed by atoms with Crippen LogP contribution in [0.5, 0.6) is 0 Å². The van der Waals surface area contributed by atoms with Crippen LogP contribution in [0.25, 0.3) is 72.3 Å². The molecule has 10 rings (SSSR count). The number of nitrogens with zero attached hydrogens (tertiary/aromatic N) is 2. The molecule has 0 atom stereocenters. The van der Waals surface area contributed by atoms with Crippen LogP contribution in [-0.4, -0.2) is 4.98 Å². The van der Waals surface area contributed by atoms with E-state index < -0.39 is 0 Å². The van der Waals surface area contributed by atoms with Gasteiger partial charge >= 0.3 is 0 Å². The third kappa shape index (κ3) is 4.47. The molecular weight excluding hydrogens is 641 g/mol. The first kappa shape index (κ1) is 27.8. The van der Waals surface area contributed by atoms with E-state index in [1.54, 1.807) is 11.3 Å². The van der Waals surface area contributed by atoms with E-state index >= 15 is 0 Å². The smallest absolute Gasteiger partial charge is 0.124 e. The maximum atomic E-state index is 5.18. The van der Waals surface area contributed by atoms with E-state index in [0.29, 0.717) is 0 Å². The molecule has 0 aliphatic carbocycles. The highest BCUT2D eigenvalue weighted by atomic mass is 32.1. The number of hydrogen-bond acceptors (Lipinski definition) is 5. The molecule has 0 bridgehead atoms. The zero-order chi connectivity index (χ0) is 31.6. The van der Waals surface area contributed by atoms with Crippen molar-refractivity contribution in [1.82, 2.24) is 4.98 Å². The molecule has 0 saturated carbocycles. The third-order valence-electron chi connectivity index (χ3n) is 9.11. The maximum Gasteiger partial charge on any atom is 0.124 e. The minimum Gasteiger partial charge on any atom is -0.309 e. The maximum absolute atomic E-state index is 5.18. The summed E-state index contributed by atoms with van der Waals surface area (Å²) >= 11 is 5.48.